The second kappa shape index (κ2) is 5.90. The number of carboxylic acid groups (broad SMARTS) is 1. The molecule has 0 fully saturated rings. The van der Waals surface area contributed by atoms with Crippen molar-refractivity contribution in [2.24, 2.45) is 0 Å². The van der Waals surface area contributed by atoms with E-state index in [9.17, 15) is 18.0 Å². The monoisotopic (exact) mass is 301 g/mol. The fourth-order valence-corrected chi connectivity index (χ4v) is 1.54. The highest BCUT2D eigenvalue weighted by atomic mass is 19.4. The van der Waals surface area contributed by atoms with Gasteiger partial charge in [-0.2, -0.15) is 13.2 Å². The van der Waals surface area contributed by atoms with Crippen molar-refractivity contribution in [3.8, 4) is 11.6 Å². The first kappa shape index (κ1) is 14.9. The second-order valence-electron chi connectivity index (χ2n) is 4.18. The van der Waals surface area contributed by atoms with Crippen molar-refractivity contribution >= 4 is 5.97 Å². The minimum absolute atomic E-state index is 0.00551. The maximum Gasteiger partial charge on any atom is 0.417 e. The number of aliphatic carboxylic acids is 1. The van der Waals surface area contributed by atoms with E-state index in [-0.39, 0.29) is 30.3 Å². The number of hydrogen-bond donors (Lipinski definition) is 1. The molecule has 0 atom stereocenters. The Kier molecular flexibility index (Phi) is 4.20. The van der Waals surface area contributed by atoms with E-state index in [1.807, 2.05) is 0 Å². The highest BCUT2D eigenvalue weighted by molar-refractivity contribution is 5.66. The first-order valence-electron chi connectivity index (χ1n) is 5.94. The number of pyridine rings is 1. The predicted octanol–water partition coefficient (Wildman–Crippen LogP) is 2.56. The zero-order chi connectivity index (χ0) is 15.5. The lowest BCUT2D eigenvalue weighted by Gasteiger charge is -2.05. The molecule has 9 heteroatoms. The third-order valence-electron chi connectivity index (χ3n) is 2.56. The van der Waals surface area contributed by atoms with Gasteiger partial charge in [-0.3, -0.25) is 9.78 Å². The van der Waals surface area contributed by atoms with Crippen LogP contribution < -0.4 is 0 Å². The maximum absolute atomic E-state index is 12.4. The van der Waals surface area contributed by atoms with E-state index in [1.165, 1.54) is 0 Å². The fourth-order valence-electron chi connectivity index (χ4n) is 1.54. The zero-order valence-electron chi connectivity index (χ0n) is 10.6. The van der Waals surface area contributed by atoms with Gasteiger partial charge in [-0.15, -0.1) is 10.2 Å². The van der Waals surface area contributed by atoms with Crippen LogP contribution in [0.3, 0.4) is 0 Å². The van der Waals surface area contributed by atoms with Crippen LogP contribution in [0.15, 0.2) is 22.7 Å². The molecule has 0 radical (unpaired) electrons. The maximum atomic E-state index is 12.4. The molecule has 0 aliphatic rings. The summed E-state index contributed by atoms with van der Waals surface area (Å²) >= 11 is 0. The topological polar surface area (TPSA) is 89.1 Å². The summed E-state index contributed by atoms with van der Waals surface area (Å²) in [6.07, 6.45) is -3.19. The molecule has 112 valence electrons. The van der Waals surface area contributed by atoms with Gasteiger partial charge in [-0.1, -0.05) is 0 Å². The van der Waals surface area contributed by atoms with Gasteiger partial charge in [0, 0.05) is 19.0 Å². The van der Waals surface area contributed by atoms with E-state index in [1.54, 1.807) is 0 Å². The summed E-state index contributed by atoms with van der Waals surface area (Å²) in [7, 11) is 0. The van der Waals surface area contributed by atoms with Crippen molar-refractivity contribution < 1.29 is 27.5 Å². The first-order chi connectivity index (χ1) is 9.86. The van der Waals surface area contributed by atoms with Gasteiger partial charge in [0.15, 0.2) is 0 Å². The summed E-state index contributed by atoms with van der Waals surface area (Å²) in [5.41, 5.74) is -0.743. The van der Waals surface area contributed by atoms with Gasteiger partial charge in [0.05, 0.1) is 5.56 Å². The molecule has 0 aliphatic carbocycles. The predicted molar refractivity (Wildman–Crippen MR) is 63.1 cm³/mol. The fraction of sp³-hybridized carbons (Fsp3) is 0.333. The van der Waals surface area contributed by atoms with Crippen molar-refractivity contribution in [3.05, 3.63) is 29.8 Å². The zero-order valence-corrected chi connectivity index (χ0v) is 10.6. The molecule has 0 bridgehead atoms. The molecule has 0 saturated carbocycles. The van der Waals surface area contributed by atoms with Crippen LogP contribution in [0.2, 0.25) is 0 Å². The third-order valence-corrected chi connectivity index (χ3v) is 2.56. The average Bonchev–Trinajstić information content (AvgIpc) is 2.86. The molecule has 21 heavy (non-hydrogen) atoms. The number of aromatic nitrogens is 3. The van der Waals surface area contributed by atoms with Crippen LogP contribution >= 0.6 is 0 Å². The summed E-state index contributed by atoms with van der Waals surface area (Å²) in [5, 5.41) is 15.9. The van der Waals surface area contributed by atoms with Crippen molar-refractivity contribution in [2.75, 3.05) is 0 Å². The lowest BCUT2D eigenvalue weighted by Crippen LogP contribution is -2.05. The summed E-state index contributed by atoms with van der Waals surface area (Å²) in [6, 6.07) is 2.01. The Labute approximate surface area is 116 Å². The molecule has 2 aromatic heterocycles. The molecular weight excluding hydrogens is 291 g/mol. The molecule has 0 spiro atoms. The first-order valence-corrected chi connectivity index (χ1v) is 5.94. The molecule has 1 N–H and O–H groups in total. The summed E-state index contributed by atoms with van der Waals surface area (Å²) < 4.78 is 42.4. The van der Waals surface area contributed by atoms with Gasteiger partial charge in [0.25, 0.3) is 5.89 Å². The van der Waals surface area contributed by atoms with Crippen LogP contribution in [0.25, 0.3) is 11.6 Å². The van der Waals surface area contributed by atoms with E-state index < -0.39 is 17.7 Å². The smallest absolute Gasteiger partial charge is 0.417 e. The second-order valence-corrected chi connectivity index (χ2v) is 4.18. The van der Waals surface area contributed by atoms with Crippen molar-refractivity contribution in [2.45, 2.75) is 25.4 Å². The number of nitrogens with zero attached hydrogens (tertiary/aromatic N) is 3. The molecule has 0 amide bonds. The van der Waals surface area contributed by atoms with E-state index in [0.29, 0.717) is 12.6 Å². The van der Waals surface area contributed by atoms with Gasteiger partial charge >= 0.3 is 12.1 Å². The molecule has 0 aromatic carbocycles. The van der Waals surface area contributed by atoms with E-state index in [0.717, 1.165) is 12.1 Å². The molecular formula is C12H10F3N3O3. The normalized spacial score (nSPS) is 11.6. The molecule has 0 saturated heterocycles. The van der Waals surface area contributed by atoms with Gasteiger partial charge in [-0.05, 0) is 18.6 Å². The highest BCUT2D eigenvalue weighted by Gasteiger charge is 2.30. The Morgan fingerprint density at radius 1 is 1.29 bits per heavy atom. The number of halogens is 3. The van der Waals surface area contributed by atoms with E-state index in [4.69, 9.17) is 9.52 Å². The summed E-state index contributed by atoms with van der Waals surface area (Å²) in [5.74, 6) is -0.721. The standard InChI is InChI=1S/C12H10F3N3O3/c13-12(14,15)7-4-5-8(16-6-7)11-18-17-9(21-11)2-1-3-10(19)20/h4-6H,1-3H2,(H,19,20). The summed E-state index contributed by atoms with van der Waals surface area (Å²) in [4.78, 5) is 14.0. The minimum atomic E-state index is -4.46. The highest BCUT2D eigenvalue weighted by Crippen LogP contribution is 2.29. The van der Waals surface area contributed by atoms with Gasteiger partial charge in [0.1, 0.15) is 5.69 Å². The molecule has 2 rings (SSSR count). The van der Waals surface area contributed by atoms with Crippen LogP contribution in [0.5, 0.6) is 0 Å². The van der Waals surface area contributed by atoms with Crippen LogP contribution in [-0.2, 0) is 17.4 Å². The Hall–Kier alpha value is -2.45. The number of carbonyl (C=O) groups is 1. The molecule has 0 aliphatic heterocycles. The Morgan fingerprint density at radius 2 is 2.05 bits per heavy atom. The van der Waals surface area contributed by atoms with Crippen LogP contribution in [-0.4, -0.2) is 26.3 Å². The Bertz CT molecular complexity index is 623. The van der Waals surface area contributed by atoms with E-state index in [2.05, 4.69) is 15.2 Å². The van der Waals surface area contributed by atoms with Crippen LogP contribution in [0.4, 0.5) is 13.2 Å². The van der Waals surface area contributed by atoms with Crippen molar-refractivity contribution in [3.63, 3.8) is 0 Å². The van der Waals surface area contributed by atoms with E-state index >= 15 is 0 Å². The van der Waals surface area contributed by atoms with Crippen molar-refractivity contribution in [1.82, 2.24) is 15.2 Å². The number of carboxylic acids is 1. The molecule has 2 aromatic rings. The summed E-state index contributed by atoms with van der Waals surface area (Å²) in [6.45, 7) is 0. The quantitative estimate of drug-likeness (QED) is 0.913. The number of rotatable bonds is 5. The molecule has 6 nitrogen and oxygen atoms in total. The minimum Gasteiger partial charge on any atom is -0.481 e. The van der Waals surface area contributed by atoms with Gasteiger partial charge in [0.2, 0.25) is 5.89 Å². The molecule has 0 unspecified atom stereocenters. The average molecular weight is 301 g/mol. The number of hydrogen-bond acceptors (Lipinski definition) is 5. The molecule has 2 heterocycles. The largest absolute Gasteiger partial charge is 0.481 e. The van der Waals surface area contributed by atoms with Crippen LogP contribution in [0, 0.1) is 0 Å². The lowest BCUT2D eigenvalue weighted by molar-refractivity contribution is -0.138. The SMILES string of the molecule is O=C(O)CCCc1nnc(-c2ccc(C(F)(F)F)cn2)o1. The Morgan fingerprint density at radius 3 is 2.62 bits per heavy atom. The Balaban J connectivity index is 2.05. The van der Waals surface area contributed by atoms with Crippen LogP contribution in [0.1, 0.15) is 24.3 Å². The van der Waals surface area contributed by atoms with Gasteiger partial charge < -0.3 is 9.52 Å². The third kappa shape index (κ3) is 4.01. The van der Waals surface area contributed by atoms with Gasteiger partial charge in [-0.25, -0.2) is 0 Å². The number of alkyl halides is 3. The number of aryl methyl sites for hydroxylation is 1. The lowest BCUT2D eigenvalue weighted by atomic mass is 10.2. The van der Waals surface area contributed by atoms with Crippen molar-refractivity contribution in [1.29, 1.82) is 0 Å².